The predicted molar refractivity (Wildman–Crippen MR) is 114 cm³/mol. The zero-order valence-electron chi connectivity index (χ0n) is 16.8. The molecule has 1 aliphatic heterocycles. The lowest BCUT2D eigenvalue weighted by molar-refractivity contribution is -0.151. The molecule has 1 aliphatic rings. The number of ether oxygens (including phenoxy) is 1. The fraction of sp³-hybridized carbons (Fsp3) is 0.318. The van der Waals surface area contributed by atoms with Crippen molar-refractivity contribution < 1.29 is 27.9 Å². The number of aryl methyl sites for hydroxylation is 1. The second-order valence-electron chi connectivity index (χ2n) is 6.96. The van der Waals surface area contributed by atoms with E-state index in [1.54, 1.807) is 12.1 Å². The van der Waals surface area contributed by atoms with E-state index in [1.165, 1.54) is 17.0 Å². The van der Waals surface area contributed by atoms with Gasteiger partial charge in [-0.1, -0.05) is 43.0 Å². The third-order valence-corrected chi connectivity index (χ3v) is 5.63. The first-order valence-electron chi connectivity index (χ1n) is 9.77. The molecule has 0 radical (unpaired) electrons. The van der Waals surface area contributed by atoms with E-state index in [1.807, 2.05) is 31.2 Å². The van der Waals surface area contributed by atoms with Crippen molar-refractivity contribution in [1.29, 1.82) is 0 Å². The van der Waals surface area contributed by atoms with Gasteiger partial charge in [-0.3, -0.25) is 14.4 Å². The second-order valence-corrected chi connectivity index (χ2v) is 7.99. The van der Waals surface area contributed by atoms with Crippen LogP contribution in [-0.4, -0.2) is 36.7 Å². The van der Waals surface area contributed by atoms with E-state index in [0.717, 1.165) is 12.0 Å². The molecule has 0 saturated carbocycles. The molecule has 2 amide bonds. The van der Waals surface area contributed by atoms with Crippen LogP contribution in [0.5, 0.6) is 0 Å². The SMILES string of the molecule is CCc1ccc(N2CC(C(=O)OCC(=O)Nc3ccccc3SC(F)F)CC2=O)cc1. The van der Waals surface area contributed by atoms with Gasteiger partial charge in [0, 0.05) is 23.5 Å². The quantitative estimate of drug-likeness (QED) is 0.486. The van der Waals surface area contributed by atoms with Crippen LogP contribution in [0.3, 0.4) is 0 Å². The van der Waals surface area contributed by atoms with Crippen molar-refractivity contribution in [2.45, 2.75) is 30.4 Å². The van der Waals surface area contributed by atoms with E-state index >= 15 is 0 Å². The molecule has 0 aromatic heterocycles. The number of nitrogens with zero attached hydrogens (tertiary/aromatic N) is 1. The van der Waals surface area contributed by atoms with Crippen LogP contribution >= 0.6 is 11.8 Å². The lowest BCUT2D eigenvalue weighted by Gasteiger charge is -2.17. The van der Waals surface area contributed by atoms with Gasteiger partial charge >= 0.3 is 5.97 Å². The van der Waals surface area contributed by atoms with Crippen molar-refractivity contribution in [1.82, 2.24) is 0 Å². The summed E-state index contributed by atoms with van der Waals surface area (Å²) >= 11 is 0.314. The van der Waals surface area contributed by atoms with E-state index in [-0.39, 0.29) is 29.5 Å². The molecule has 9 heteroatoms. The van der Waals surface area contributed by atoms with Gasteiger partial charge in [-0.25, -0.2) is 0 Å². The summed E-state index contributed by atoms with van der Waals surface area (Å²) in [7, 11) is 0. The number of amides is 2. The molecule has 2 aromatic carbocycles. The minimum Gasteiger partial charge on any atom is -0.455 e. The van der Waals surface area contributed by atoms with Crippen LogP contribution in [-0.2, 0) is 25.5 Å². The largest absolute Gasteiger partial charge is 0.455 e. The number of hydrogen-bond donors (Lipinski definition) is 1. The monoisotopic (exact) mass is 448 g/mol. The molecule has 1 N–H and O–H groups in total. The van der Waals surface area contributed by atoms with E-state index in [9.17, 15) is 23.2 Å². The number of carbonyl (C=O) groups excluding carboxylic acids is 3. The molecule has 164 valence electrons. The molecular formula is C22H22F2N2O4S. The maximum atomic E-state index is 12.6. The van der Waals surface area contributed by atoms with Gasteiger partial charge in [0.05, 0.1) is 11.6 Å². The summed E-state index contributed by atoms with van der Waals surface area (Å²) in [4.78, 5) is 38.5. The van der Waals surface area contributed by atoms with E-state index in [4.69, 9.17) is 4.74 Å². The number of carbonyl (C=O) groups is 3. The van der Waals surface area contributed by atoms with Crippen LogP contribution in [0.1, 0.15) is 18.9 Å². The molecule has 1 saturated heterocycles. The summed E-state index contributed by atoms with van der Waals surface area (Å²) in [6, 6.07) is 13.7. The highest BCUT2D eigenvalue weighted by Crippen LogP contribution is 2.31. The van der Waals surface area contributed by atoms with E-state index in [2.05, 4.69) is 5.32 Å². The first-order chi connectivity index (χ1) is 14.9. The minimum absolute atomic E-state index is 0.00381. The van der Waals surface area contributed by atoms with Crippen molar-refractivity contribution in [3.05, 3.63) is 54.1 Å². The highest BCUT2D eigenvalue weighted by Gasteiger charge is 2.36. The van der Waals surface area contributed by atoms with Gasteiger partial charge < -0.3 is 15.0 Å². The highest BCUT2D eigenvalue weighted by molar-refractivity contribution is 7.99. The Bertz CT molecular complexity index is 953. The Morgan fingerprint density at radius 2 is 1.90 bits per heavy atom. The van der Waals surface area contributed by atoms with Gasteiger partial charge in [0.2, 0.25) is 5.91 Å². The van der Waals surface area contributed by atoms with Crippen LogP contribution < -0.4 is 10.2 Å². The average molecular weight is 448 g/mol. The topological polar surface area (TPSA) is 75.7 Å². The molecule has 1 unspecified atom stereocenters. The van der Waals surface area contributed by atoms with E-state index in [0.29, 0.717) is 17.4 Å². The molecular weight excluding hydrogens is 426 g/mol. The predicted octanol–water partition coefficient (Wildman–Crippen LogP) is 4.10. The smallest absolute Gasteiger partial charge is 0.311 e. The fourth-order valence-electron chi connectivity index (χ4n) is 3.24. The Morgan fingerprint density at radius 1 is 1.19 bits per heavy atom. The summed E-state index contributed by atoms with van der Waals surface area (Å²) < 4.78 is 30.3. The van der Waals surface area contributed by atoms with Gasteiger partial charge in [-0.2, -0.15) is 8.78 Å². The van der Waals surface area contributed by atoms with Crippen molar-refractivity contribution in [2.75, 3.05) is 23.4 Å². The van der Waals surface area contributed by atoms with Gasteiger partial charge in [0.1, 0.15) is 0 Å². The molecule has 0 bridgehead atoms. The molecule has 6 nitrogen and oxygen atoms in total. The summed E-state index contributed by atoms with van der Waals surface area (Å²) in [5, 5.41) is 2.47. The molecule has 31 heavy (non-hydrogen) atoms. The molecule has 3 rings (SSSR count). The number of esters is 1. The van der Waals surface area contributed by atoms with Crippen LogP contribution in [0.15, 0.2) is 53.4 Å². The first kappa shape index (κ1) is 22.7. The number of thioether (sulfide) groups is 1. The Kier molecular flexibility index (Phi) is 7.62. The average Bonchev–Trinajstić information content (AvgIpc) is 3.15. The van der Waals surface area contributed by atoms with E-state index < -0.39 is 30.2 Å². The maximum absolute atomic E-state index is 12.6. The summed E-state index contributed by atoms with van der Waals surface area (Å²) in [5.41, 5.74) is 2.07. The lowest BCUT2D eigenvalue weighted by atomic mass is 10.1. The number of alkyl halides is 2. The van der Waals surface area contributed by atoms with Crippen LogP contribution in [0.2, 0.25) is 0 Å². The number of para-hydroxylation sites is 1. The molecule has 1 atom stereocenters. The second kappa shape index (κ2) is 10.4. The Hall–Kier alpha value is -2.94. The zero-order chi connectivity index (χ0) is 22.4. The summed E-state index contributed by atoms with van der Waals surface area (Å²) in [6.07, 6.45) is 0.889. The Morgan fingerprint density at radius 3 is 2.58 bits per heavy atom. The van der Waals surface area contributed by atoms with Crippen molar-refractivity contribution >= 4 is 40.9 Å². The third kappa shape index (κ3) is 6.04. The summed E-state index contributed by atoms with van der Waals surface area (Å²) in [5.74, 6) is -4.78. The number of nitrogens with one attached hydrogen (secondary N) is 1. The van der Waals surface area contributed by atoms with Crippen molar-refractivity contribution in [3.8, 4) is 0 Å². The van der Waals surface area contributed by atoms with Gasteiger partial charge in [-0.15, -0.1) is 0 Å². The summed E-state index contributed by atoms with van der Waals surface area (Å²) in [6.45, 7) is 1.65. The third-order valence-electron chi connectivity index (χ3n) is 4.84. The highest BCUT2D eigenvalue weighted by atomic mass is 32.2. The van der Waals surface area contributed by atoms with Crippen LogP contribution in [0, 0.1) is 5.92 Å². The normalized spacial score (nSPS) is 15.9. The Balaban J connectivity index is 1.53. The molecule has 1 fully saturated rings. The zero-order valence-corrected chi connectivity index (χ0v) is 17.7. The number of hydrogen-bond acceptors (Lipinski definition) is 5. The van der Waals surface area contributed by atoms with Crippen LogP contribution in [0.25, 0.3) is 0 Å². The lowest BCUT2D eigenvalue weighted by Crippen LogP contribution is -2.28. The molecule has 0 aliphatic carbocycles. The Labute approximate surface area is 182 Å². The van der Waals surface area contributed by atoms with Gasteiger partial charge in [0.25, 0.3) is 11.7 Å². The van der Waals surface area contributed by atoms with Crippen molar-refractivity contribution in [3.63, 3.8) is 0 Å². The minimum atomic E-state index is -2.63. The molecule has 2 aromatic rings. The molecule has 1 heterocycles. The number of anilines is 2. The van der Waals surface area contributed by atoms with Gasteiger partial charge in [0.15, 0.2) is 6.61 Å². The van der Waals surface area contributed by atoms with Crippen molar-refractivity contribution in [2.24, 2.45) is 5.92 Å². The van der Waals surface area contributed by atoms with Gasteiger partial charge in [-0.05, 0) is 36.2 Å². The molecule has 0 spiro atoms. The maximum Gasteiger partial charge on any atom is 0.311 e. The fourth-order valence-corrected chi connectivity index (χ4v) is 3.83. The number of benzene rings is 2. The standard InChI is InChI=1S/C22H22F2N2O4S/c1-2-14-7-9-16(10-8-14)26-12-15(11-20(26)28)21(29)30-13-19(27)25-17-5-3-4-6-18(17)31-22(23)24/h3-10,15,22H,2,11-13H2,1H3,(H,25,27). The van der Waals surface area contributed by atoms with Crippen LogP contribution in [0.4, 0.5) is 20.2 Å². The number of halogens is 2. The number of rotatable bonds is 8. The first-order valence-corrected chi connectivity index (χ1v) is 10.6.